The van der Waals surface area contributed by atoms with E-state index in [9.17, 15) is 8.42 Å². The summed E-state index contributed by atoms with van der Waals surface area (Å²) in [5.74, 6) is 0.766. The molecular weight excluding hydrogens is 438 g/mol. The van der Waals surface area contributed by atoms with Gasteiger partial charge in [-0.3, -0.25) is 0 Å². The Morgan fingerprint density at radius 1 is 1.18 bits per heavy atom. The number of nitrogens with two attached hydrogens (primary N) is 1. The van der Waals surface area contributed by atoms with Crippen molar-refractivity contribution in [2.75, 3.05) is 13.7 Å². The number of rotatable bonds is 9. The molecule has 1 aliphatic rings. The zero-order chi connectivity index (χ0) is 23.3. The minimum absolute atomic E-state index is 0.279. The van der Waals surface area contributed by atoms with E-state index in [0.717, 1.165) is 49.2 Å². The smallest absolute Gasteiger partial charge is 0.274 e. The highest BCUT2D eigenvalue weighted by atomic mass is 32.2. The van der Waals surface area contributed by atoms with Crippen LogP contribution in [0.1, 0.15) is 36.8 Å². The fraction of sp³-hybridized carbons (Fsp3) is 0.375. The second-order valence-electron chi connectivity index (χ2n) is 8.67. The normalized spacial score (nSPS) is 21.1. The standard InChI is InChI=1S/C24H31N5O3S/c1-32-23-4-2-3-20(15-23)24(17-28-33(25,30)31)11-9-21(10-12-24)27-16-19-5-7-22(8-6-19)29-14-13-26-18-29/h2-8,13-15,18,21,27-28H,9-12,16-17H2,1H3,(H2,25,30,31)/t21-,24-. The average Bonchev–Trinajstić information content (AvgIpc) is 3.37. The molecule has 3 aromatic rings. The van der Waals surface area contributed by atoms with Gasteiger partial charge in [0.25, 0.3) is 10.2 Å². The van der Waals surface area contributed by atoms with Gasteiger partial charge in [0, 0.05) is 42.6 Å². The second kappa shape index (κ2) is 10.0. The van der Waals surface area contributed by atoms with Crippen LogP contribution in [-0.4, -0.2) is 37.7 Å². The minimum Gasteiger partial charge on any atom is -0.497 e. The zero-order valence-corrected chi connectivity index (χ0v) is 19.6. The Bertz CT molecular complexity index is 1140. The first-order valence-corrected chi connectivity index (χ1v) is 12.6. The van der Waals surface area contributed by atoms with Crippen molar-refractivity contribution in [1.29, 1.82) is 0 Å². The summed E-state index contributed by atoms with van der Waals surface area (Å²) in [7, 11) is -2.13. The largest absolute Gasteiger partial charge is 0.497 e. The summed E-state index contributed by atoms with van der Waals surface area (Å²) in [4.78, 5) is 4.09. The van der Waals surface area contributed by atoms with E-state index < -0.39 is 10.2 Å². The summed E-state index contributed by atoms with van der Waals surface area (Å²) >= 11 is 0. The van der Waals surface area contributed by atoms with Gasteiger partial charge in [0.15, 0.2) is 0 Å². The molecule has 0 bridgehead atoms. The van der Waals surface area contributed by atoms with Crippen molar-refractivity contribution >= 4 is 10.2 Å². The van der Waals surface area contributed by atoms with Gasteiger partial charge in [0.2, 0.25) is 0 Å². The van der Waals surface area contributed by atoms with Crippen LogP contribution < -0.4 is 19.9 Å². The molecule has 1 fully saturated rings. The van der Waals surface area contributed by atoms with E-state index in [1.807, 2.05) is 35.0 Å². The van der Waals surface area contributed by atoms with Crippen molar-refractivity contribution in [3.05, 3.63) is 78.4 Å². The number of hydrogen-bond acceptors (Lipinski definition) is 5. The maximum absolute atomic E-state index is 11.6. The molecule has 0 saturated heterocycles. The number of benzene rings is 2. The van der Waals surface area contributed by atoms with Crippen molar-refractivity contribution in [2.24, 2.45) is 5.14 Å². The average molecular weight is 470 g/mol. The number of methoxy groups -OCH3 is 1. The Morgan fingerprint density at radius 3 is 2.58 bits per heavy atom. The van der Waals surface area contributed by atoms with Gasteiger partial charge in [-0.2, -0.15) is 8.42 Å². The summed E-state index contributed by atoms with van der Waals surface area (Å²) in [6, 6.07) is 16.7. The van der Waals surface area contributed by atoms with Crippen molar-refractivity contribution < 1.29 is 13.2 Å². The van der Waals surface area contributed by atoms with Gasteiger partial charge in [-0.1, -0.05) is 24.3 Å². The fourth-order valence-corrected chi connectivity index (χ4v) is 5.07. The monoisotopic (exact) mass is 469 g/mol. The molecule has 1 saturated carbocycles. The second-order valence-corrected chi connectivity index (χ2v) is 10.0. The first kappa shape index (κ1) is 23.4. The van der Waals surface area contributed by atoms with E-state index in [4.69, 9.17) is 9.88 Å². The van der Waals surface area contributed by atoms with Crippen molar-refractivity contribution in [3.8, 4) is 11.4 Å². The summed E-state index contributed by atoms with van der Waals surface area (Å²) in [6.07, 6.45) is 9.05. The third-order valence-electron chi connectivity index (χ3n) is 6.57. The van der Waals surface area contributed by atoms with E-state index in [1.54, 1.807) is 19.6 Å². The number of hydrogen-bond donors (Lipinski definition) is 3. The first-order chi connectivity index (χ1) is 15.9. The molecule has 0 radical (unpaired) electrons. The molecule has 4 N–H and O–H groups in total. The molecule has 0 spiro atoms. The molecule has 1 heterocycles. The lowest BCUT2D eigenvalue weighted by molar-refractivity contribution is 0.245. The van der Waals surface area contributed by atoms with Crippen molar-refractivity contribution in [3.63, 3.8) is 0 Å². The third kappa shape index (κ3) is 6.00. The van der Waals surface area contributed by atoms with Crippen LogP contribution in [0.4, 0.5) is 0 Å². The number of imidazole rings is 1. The first-order valence-electron chi connectivity index (χ1n) is 11.1. The van der Waals surface area contributed by atoms with Crippen LogP contribution in [0.5, 0.6) is 5.75 Å². The van der Waals surface area contributed by atoms with Gasteiger partial charge < -0.3 is 14.6 Å². The number of nitrogens with one attached hydrogen (secondary N) is 2. The molecule has 9 heteroatoms. The van der Waals surface area contributed by atoms with E-state index >= 15 is 0 Å². The maximum Gasteiger partial charge on any atom is 0.274 e. The molecular formula is C24H31N5O3S. The number of nitrogens with zero attached hydrogens (tertiary/aromatic N) is 2. The van der Waals surface area contributed by atoms with Gasteiger partial charge in [-0.25, -0.2) is 14.8 Å². The molecule has 0 unspecified atom stereocenters. The number of ether oxygens (including phenoxy) is 1. The Labute approximate surface area is 195 Å². The van der Waals surface area contributed by atoms with Gasteiger partial charge in [0.05, 0.1) is 13.4 Å². The molecule has 33 heavy (non-hydrogen) atoms. The van der Waals surface area contributed by atoms with E-state index in [1.165, 1.54) is 5.56 Å². The molecule has 1 aromatic heterocycles. The molecule has 176 valence electrons. The minimum atomic E-state index is -3.77. The predicted molar refractivity (Wildman–Crippen MR) is 128 cm³/mol. The fourth-order valence-electron chi connectivity index (χ4n) is 4.59. The van der Waals surface area contributed by atoms with Crippen LogP contribution in [0.2, 0.25) is 0 Å². The highest BCUT2D eigenvalue weighted by molar-refractivity contribution is 7.87. The van der Waals surface area contributed by atoms with Crippen LogP contribution >= 0.6 is 0 Å². The van der Waals surface area contributed by atoms with Gasteiger partial charge in [-0.15, -0.1) is 0 Å². The number of aromatic nitrogens is 2. The van der Waals surface area contributed by atoms with Crippen LogP contribution in [0.15, 0.2) is 67.3 Å². The Balaban J connectivity index is 1.39. The molecule has 0 atom stereocenters. The lowest BCUT2D eigenvalue weighted by atomic mass is 9.68. The Morgan fingerprint density at radius 2 is 1.94 bits per heavy atom. The lowest BCUT2D eigenvalue weighted by Gasteiger charge is -2.41. The van der Waals surface area contributed by atoms with Gasteiger partial charge >= 0.3 is 0 Å². The summed E-state index contributed by atoms with van der Waals surface area (Å²) < 4.78 is 33.2. The Hall–Kier alpha value is -2.72. The van der Waals surface area contributed by atoms with Crippen LogP contribution in [0.25, 0.3) is 5.69 Å². The van der Waals surface area contributed by atoms with E-state index in [0.29, 0.717) is 6.04 Å². The topological polar surface area (TPSA) is 111 Å². The van der Waals surface area contributed by atoms with Gasteiger partial charge in [-0.05, 0) is 61.1 Å². The third-order valence-corrected chi connectivity index (χ3v) is 7.12. The van der Waals surface area contributed by atoms with Crippen LogP contribution in [-0.2, 0) is 22.2 Å². The highest BCUT2D eigenvalue weighted by Crippen LogP contribution is 2.40. The zero-order valence-electron chi connectivity index (χ0n) is 18.8. The van der Waals surface area contributed by atoms with E-state index in [-0.39, 0.29) is 12.0 Å². The highest BCUT2D eigenvalue weighted by Gasteiger charge is 2.37. The molecule has 0 amide bonds. The van der Waals surface area contributed by atoms with Gasteiger partial charge in [0.1, 0.15) is 5.75 Å². The van der Waals surface area contributed by atoms with E-state index in [2.05, 4.69) is 39.3 Å². The summed E-state index contributed by atoms with van der Waals surface area (Å²) in [5.41, 5.74) is 3.07. The van der Waals surface area contributed by atoms with Crippen LogP contribution in [0.3, 0.4) is 0 Å². The molecule has 0 aliphatic heterocycles. The molecule has 8 nitrogen and oxygen atoms in total. The van der Waals surface area contributed by atoms with Crippen molar-refractivity contribution in [1.82, 2.24) is 19.6 Å². The lowest BCUT2D eigenvalue weighted by Crippen LogP contribution is -2.47. The quantitative estimate of drug-likeness (QED) is 0.446. The molecule has 4 rings (SSSR count). The summed E-state index contributed by atoms with van der Waals surface area (Å²) in [5, 5.41) is 8.91. The maximum atomic E-state index is 11.6. The SMILES string of the molecule is COc1cccc([C@]2(CNS(N)(=O)=O)CC[C@@H](NCc3ccc(-n4ccnc4)cc3)CC2)c1. The summed E-state index contributed by atoms with van der Waals surface area (Å²) in [6.45, 7) is 1.07. The molecule has 2 aromatic carbocycles. The predicted octanol–water partition coefficient (Wildman–Crippen LogP) is 2.64. The van der Waals surface area contributed by atoms with Crippen molar-refractivity contribution in [2.45, 2.75) is 43.7 Å². The van der Waals surface area contributed by atoms with Crippen LogP contribution in [0, 0.1) is 0 Å². The Kier molecular flexibility index (Phi) is 7.14. The molecule has 1 aliphatic carbocycles.